The lowest BCUT2D eigenvalue weighted by Crippen LogP contribution is -2.50. The molecule has 1 aliphatic rings. The summed E-state index contributed by atoms with van der Waals surface area (Å²) in [6.07, 6.45) is 0.0328. The summed E-state index contributed by atoms with van der Waals surface area (Å²) in [5.74, 6) is 0.237. The highest BCUT2D eigenvalue weighted by Gasteiger charge is 2.44. The number of hydrogen-bond donors (Lipinski definition) is 1. The molecule has 0 spiro atoms. The number of guanidine groups is 1. The summed E-state index contributed by atoms with van der Waals surface area (Å²) in [6, 6.07) is 23.2. The third-order valence-corrected chi connectivity index (χ3v) is 8.16. The number of nitrogens with zero attached hydrogens (tertiary/aromatic N) is 3. The molecule has 45 heavy (non-hydrogen) atoms. The monoisotopic (exact) mass is 674 g/mol. The van der Waals surface area contributed by atoms with Crippen molar-refractivity contribution in [1.82, 2.24) is 10.2 Å². The molecule has 3 aromatic carbocycles. The molecule has 2 amide bonds. The Kier molecular flexibility index (Phi) is 11.2. The van der Waals surface area contributed by atoms with Crippen LogP contribution in [0.4, 0.5) is 16.2 Å². The van der Waals surface area contributed by atoms with E-state index in [1.165, 1.54) is 18.7 Å². The van der Waals surface area contributed by atoms with Crippen molar-refractivity contribution in [1.29, 1.82) is 0 Å². The van der Waals surface area contributed by atoms with E-state index < -0.39 is 21.5 Å². The van der Waals surface area contributed by atoms with Gasteiger partial charge in [-0.25, -0.2) is 9.79 Å². The normalized spacial score (nSPS) is 12.8. The molecule has 0 atom stereocenters. The second-order valence-electron chi connectivity index (χ2n) is 10.6. The van der Waals surface area contributed by atoms with E-state index in [0.717, 1.165) is 11.3 Å². The average molecular weight is 676 g/mol. The third-order valence-electron chi connectivity index (χ3n) is 6.80. The molecule has 0 fully saturated rings. The molecule has 4 rings (SSSR count). The first-order valence-electron chi connectivity index (χ1n) is 14.1. The third kappa shape index (κ3) is 9.50. The number of ether oxygens (including phenoxy) is 3. The lowest BCUT2D eigenvalue weighted by atomic mass is 10.1. The number of nitrogens with one attached hydrogen (secondary N) is 1. The van der Waals surface area contributed by atoms with E-state index in [-0.39, 0.29) is 25.0 Å². The quantitative estimate of drug-likeness (QED) is 0.143. The van der Waals surface area contributed by atoms with Crippen molar-refractivity contribution in [3.63, 3.8) is 0 Å². The summed E-state index contributed by atoms with van der Waals surface area (Å²) < 4.78 is 14.9. The zero-order valence-electron chi connectivity index (χ0n) is 25.0. The van der Waals surface area contributed by atoms with Crippen LogP contribution in [0.15, 0.2) is 83.9 Å². The van der Waals surface area contributed by atoms with Crippen molar-refractivity contribution in [3.05, 3.63) is 84.4 Å². The molecule has 3 aromatic rings. The van der Waals surface area contributed by atoms with Crippen LogP contribution in [0.2, 0.25) is 0 Å². The van der Waals surface area contributed by atoms with Gasteiger partial charge in [-0.15, -0.1) is 0 Å². The van der Waals surface area contributed by atoms with Crippen LogP contribution in [-0.2, 0) is 20.9 Å². The molecule has 0 unspecified atom stereocenters. The molecule has 10 nitrogen and oxygen atoms in total. The lowest BCUT2D eigenvalue weighted by molar-refractivity contribution is -0.156. The molecule has 0 aromatic heterocycles. The van der Waals surface area contributed by atoms with Crippen LogP contribution in [0.5, 0.6) is 11.5 Å². The fourth-order valence-corrected chi connectivity index (χ4v) is 4.33. The smallest absolute Gasteiger partial charge is 0.419 e. The summed E-state index contributed by atoms with van der Waals surface area (Å²) in [7, 11) is 1.74. The topological polar surface area (TPSA) is 110 Å². The Labute approximate surface area is 276 Å². The Morgan fingerprint density at radius 2 is 1.62 bits per heavy atom. The SMILES string of the molecule is CN(C(=O)CCCOc1ccc2c(c1)CN(CC(=O)OC(C)(C)C(Cl)(Cl)Cl)C(NC(=O)Oc1ccccc1)=N2)c1ccccc1. The zero-order chi connectivity index (χ0) is 32.6. The molecule has 0 saturated heterocycles. The van der Waals surface area contributed by atoms with E-state index in [2.05, 4.69) is 10.3 Å². The fourth-order valence-electron chi connectivity index (χ4n) is 4.21. The van der Waals surface area contributed by atoms with Crippen LogP contribution in [0.3, 0.4) is 0 Å². The number of benzene rings is 3. The van der Waals surface area contributed by atoms with Crippen molar-refractivity contribution < 1.29 is 28.6 Å². The second-order valence-corrected chi connectivity index (χ2v) is 12.9. The number of carbonyl (C=O) groups is 3. The van der Waals surface area contributed by atoms with Gasteiger partial charge in [0, 0.05) is 31.3 Å². The molecule has 13 heteroatoms. The Morgan fingerprint density at radius 3 is 2.29 bits per heavy atom. The summed E-state index contributed by atoms with van der Waals surface area (Å²) in [5.41, 5.74) is 0.675. The van der Waals surface area contributed by atoms with E-state index >= 15 is 0 Å². The number of para-hydroxylation sites is 2. The van der Waals surface area contributed by atoms with Crippen LogP contribution in [0, 0.1) is 0 Å². The van der Waals surface area contributed by atoms with E-state index in [9.17, 15) is 14.4 Å². The van der Waals surface area contributed by atoms with Gasteiger partial charge in [-0.1, -0.05) is 71.2 Å². The Bertz CT molecular complexity index is 1530. The maximum Gasteiger partial charge on any atom is 0.419 e. The highest BCUT2D eigenvalue weighted by Crippen LogP contribution is 2.40. The van der Waals surface area contributed by atoms with Crippen molar-refractivity contribution in [3.8, 4) is 11.5 Å². The van der Waals surface area contributed by atoms with Gasteiger partial charge in [-0.3, -0.25) is 14.9 Å². The minimum absolute atomic E-state index is 0.0177. The number of carbonyl (C=O) groups excluding carboxylic acids is 3. The number of rotatable bonds is 10. The lowest BCUT2D eigenvalue weighted by Gasteiger charge is -2.34. The first-order chi connectivity index (χ1) is 21.3. The first kappa shape index (κ1) is 33.9. The molecular weight excluding hydrogens is 643 g/mol. The maximum atomic E-state index is 12.9. The van der Waals surface area contributed by atoms with Gasteiger partial charge in [0.05, 0.1) is 12.3 Å². The van der Waals surface area contributed by atoms with Crippen molar-refractivity contribution in [2.45, 2.75) is 42.6 Å². The Balaban J connectivity index is 1.43. The van der Waals surface area contributed by atoms with Gasteiger partial charge in [-0.2, -0.15) is 0 Å². The largest absolute Gasteiger partial charge is 0.494 e. The van der Waals surface area contributed by atoms with Gasteiger partial charge in [0.25, 0.3) is 0 Å². The fraction of sp³-hybridized carbons (Fsp3) is 0.312. The molecule has 1 heterocycles. The first-order valence-corrected chi connectivity index (χ1v) is 15.2. The molecule has 1 aliphatic heterocycles. The predicted octanol–water partition coefficient (Wildman–Crippen LogP) is 6.79. The number of alkyl halides is 3. The Morgan fingerprint density at radius 1 is 0.956 bits per heavy atom. The van der Waals surface area contributed by atoms with E-state index in [1.54, 1.807) is 60.5 Å². The summed E-state index contributed by atoms with van der Waals surface area (Å²) >= 11 is 18.0. The van der Waals surface area contributed by atoms with E-state index in [1.807, 2.05) is 30.3 Å². The summed E-state index contributed by atoms with van der Waals surface area (Å²) in [6.45, 7) is 3.11. The number of hydrogen-bond acceptors (Lipinski definition) is 8. The summed E-state index contributed by atoms with van der Waals surface area (Å²) in [4.78, 5) is 45.9. The van der Waals surface area contributed by atoms with Crippen LogP contribution in [0.25, 0.3) is 0 Å². The number of aliphatic imine (C=N–C) groups is 1. The molecular formula is C32H33Cl3N4O6. The molecule has 0 aliphatic carbocycles. The maximum absolute atomic E-state index is 12.9. The van der Waals surface area contributed by atoms with Crippen LogP contribution in [-0.4, -0.2) is 58.4 Å². The number of halogens is 3. The number of anilines is 1. The van der Waals surface area contributed by atoms with Crippen LogP contribution < -0.4 is 19.7 Å². The second kappa shape index (κ2) is 14.9. The number of amides is 2. The van der Waals surface area contributed by atoms with Gasteiger partial charge in [0.15, 0.2) is 5.60 Å². The number of esters is 1. The van der Waals surface area contributed by atoms with Gasteiger partial charge in [-0.05, 0) is 62.7 Å². The standard InChI is InChI=1S/C32H33Cl3N4O6/c1-31(2,32(33,34)35)45-28(41)21-39-20-22-19-25(43-18-10-15-27(40)38(3)23-11-6-4-7-12-23)16-17-26(22)36-29(39)37-30(42)44-24-13-8-5-9-14-24/h4-9,11-14,16-17,19H,10,15,18,20-21H2,1-3H3,(H,36,37,42). The Hall–Kier alpha value is -3.99. The van der Waals surface area contributed by atoms with Gasteiger partial charge < -0.3 is 24.0 Å². The molecule has 1 N–H and O–H groups in total. The predicted molar refractivity (Wildman–Crippen MR) is 175 cm³/mol. The van der Waals surface area contributed by atoms with E-state index in [0.29, 0.717) is 36.6 Å². The van der Waals surface area contributed by atoms with Crippen LogP contribution in [0.1, 0.15) is 32.3 Å². The molecule has 0 bridgehead atoms. The minimum atomic E-state index is -1.88. The van der Waals surface area contributed by atoms with Gasteiger partial charge in [0.1, 0.15) is 18.0 Å². The molecule has 0 radical (unpaired) electrons. The number of fused-ring (bicyclic) bond motifs is 1. The minimum Gasteiger partial charge on any atom is -0.494 e. The van der Waals surface area contributed by atoms with Crippen molar-refractivity contribution in [2.24, 2.45) is 4.99 Å². The molecule has 0 saturated carbocycles. The zero-order valence-corrected chi connectivity index (χ0v) is 27.2. The van der Waals surface area contributed by atoms with E-state index in [4.69, 9.17) is 49.0 Å². The highest BCUT2D eigenvalue weighted by atomic mass is 35.6. The van der Waals surface area contributed by atoms with Crippen molar-refractivity contribution in [2.75, 3.05) is 25.1 Å². The summed E-state index contributed by atoms with van der Waals surface area (Å²) in [5, 5.41) is 2.61. The van der Waals surface area contributed by atoms with Crippen LogP contribution >= 0.6 is 34.8 Å². The molecule has 238 valence electrons. The van der Waals surface area contributed by atoms with Gasteiger partial charge in [0.2, 0.25) is 15.7 Å². The highest BCUT2D eigenvalue weighted by molar-refractivity contribution is 6.68. The van der Waals surface area contributed by atoms with Gasteiger partial charge >= 0.3 is 12.1 Å². The average Bonchev–Trinajstić information content (AvgIpc) is 2.99. The van der Waals surface area contributed by atoms with Crippen molar-refractivity contribution >= 4 is 70.1 Å².